The van der Waals surface area contributed by atoms with Crippen molar-refractivity contribution in [2.45, 2.75) is 13.5 Å². The van der Waals surface area contributed by atoms with Gasteiger partial charge < -0.3 is 19.5 Å². The third-order valence-corrected chi connectivity index (χ3v) is 3.58. The molecule has 1 aromatic rings. The molecule has 1 amide bonds. The van der Waals surface area contributed by atoms with Crippen LogP contribution in [0.1, 0.15) is 12.5 Å². The fourth-order valence-corrected chi connectivity index (χ4v) is 2.35. The number of rotatable bonds is 4. The van der Waals surface area contributed by atoms with Crippen LogP contribution in [0.4, 0.5) is 4.79 Å². The van der Waals surface area contributed by atoms with E-state index >= 15 is 0 Å². The van der Waals surface area contributed by atoms with Gasteiger partial charge in [0.2, 0.25) is 0 Å². The summed E-state index contributed by atoms with van der Waals surface area (Å²) >= 11 is 0. The summed E-state index contributed by atoms with van der Waals surface area (Å²) in [6.07, 6.45) is -0.246. The quantitative estimate of drug-likeness (QED) is 0.915. The minimum Gasteiger partial charge on any atom is -0.507 e. The Balaban J connectivity index is 1.87. The minimum atomic E-state index is -0.246. The fourth-order valence-electron chi connectivity index (χ4n) is 2.35. The number of amides is 1. The molecular weight excluding hydrogens is 272 g/mol. The maximum absolute atomic E-state index is 11.6. The van der Waals surface area contributed by atoms with Crippen molar-refractivity contribution in [1.29, 1.82) is 0 Å². The molecule has 0 saturated carbocycles. The highest BCUT2D eigenvalue weighted by molar-refractivity contribution is 5.67. The summed E-state index contributed by atoms with van der Waals surface area (Å²) < 4.78 is 10.1. The number of benzene rings is 1. The molecule has 1 heterocycles. The van der Waals surface area contributed by atoms with Crippen molar-refractivity contribution in [3.8, 4) is 11.5 Å². The second-order valence-corrected chi connectivity index (χ2v) is 4.96. The third kappa shape index (κ3) is 4.01. The van der Waals surface area contributed by atoms with Crippen molar-refractivity contribution < 1.29 is 19.4 Å². The molecule has 0 unspecified atom stereocenters. The van der Waals surface area contributed by atoms with Gasteiger partial charge in [0.15, 0.2) is 0 Å². The molecule has 1 saturated heterocycles. The molecule has 21 heavy (non-hydrogen) atoms. The van der Waals surface area contributed by atoms with E-state index < -0.39 is 0 Å². The van der Waals surface area contributed by atoms with Crippen molar-refractivity contribution in [1.82, 2.24) is 9.80 Å². The van der Waals surface area contributed by atoms with Gasteiger partial charge in [-0.15, -0.1) is 0 Å². The van der Waals surface area contributed by atoms with Crippen molar-refractivity contribution in [2.24, 2.45) is 0 Å². The molecule has 6 nitrogen and oxygen atoms in total. The van der Waals surface area contributed by atoms with E-state index in [0.29, 0.717) is 32.0 Å². The van der Waals surface area contributed by atoms with Crippen LogP contribution < -0.4 is 4.74 Å². The van der Waals surface area contributed by atoms with Gasteiger partial charge in [0.1, 0.15) is 11.5 Å². The lowest BCUT2D eigenvalue weighted by Crippen LogP contribution is -2.48. The van der Waals surface area contributed by atoms with Gasteiger partial charge in [0.05, 0.1) is 13.7 Å². The SMILES string of the molecule is CCOC(=O)N1CCN(Cc2ccc(OC)cc2O)CC1. The number of piperazine rings is 1. The van der Waals surface area contributed by atoms with Gasteiger partial charge in [-0.05, 0) is 13.0 Å². The van der Waals surface area contributed by atoms with Crippen LogP contribution in [0.25, 0.3) is 0 Å². The zero-order chi connectivity index (χ0) is 15.2. The normalized spacial score (nSPS) is 15.8. The Kier molecular flexibility index (Phi) is 5.27. The molecule has 1 aliphatic rings. The molecule has 0 aromatic heterocycles. The number of hydrogen-bond donors (Lipinski definition) is 1. The van der Waals surface area contributed by atoms with Crippen LogP contribution in [-0.4, -0.2) is 60.9 Å². The van der Waals surface area contributed by atoms with Crippen LogP contribution in [0.3, 0.4) is 0 Å². The lowest BCUT2D eigenvalue weighted by atomic mass is 10.1. The number of hydrogen-bond acceptors (Lipinski definition) is 5. The maximum atomic E-state index is 11.6. The Morgan fingerprint density at radius 3 is 2.57 bits per heavy atom. The first-order chi connectivity index (χ1) is 10.1. The van der Waals surface area contributed by atoms with E-state index in [1.807, 2.05) is 12.1 Å². The number of aromatic hydroxyl groups is 1. The number of carbonyl (C=O) groups is 1. The summed E-state index contributed by atoms with van der Waals surface area (Å²) in [5.41, 5.74) is 0.861. The Labute approximate surface area is 124 Å². The van der Waals surface area contributed by atoms with Gasteiger partial charge >= 0.3 is 6.09 Å². The predicted octanol–water partition coefficient (Wildman–Crippen LogP) is 1.67. The van der Waals surface area contributed by atoms with E-state index in [1.54, 1.807) is 25.0 Å². The summed E-state index contributed by atoms with van der Waals surface area (Å²) in [6, 6.07) is 5.32. The van der Waals surface area contributed by atoms with Crippen molar-refractivity contribution in [3.63, 3.8) is 0 Å². The van der Waals surface area contributed by atoms with Gasteiger partial charge in [0.25, 0.3) is 0 Å². The first-order valence-electron chi connectivity index (χ1n) is 7.14. The molecule has 1 aromatic carbocycles. The molecule has 0 atom stereocenters. The van der Waals surface area contributed by atoms with Crippen LogP contribution in [0.2, 0.25) is 0 Å². The average Bonchev–Trinajstić information content (AvgIpc) is 2.50. The van der Waals surface area contributed by atoms with Crippen LogP contribution in [-0.2, 0) is 11.3 Å². The molecule has 0 spiro atoms. The first-order valence-corrected chi connectivity index (χ1v) is 7.14. The van der Waals surface area contributed by atoms with Gasteiger partial charge in [0, 0.05) is 44.4 Å². The second-order valence-electron chi connectivity index (χ2n) is 4.96. The molecule has 1 aliphatic heterocycles. The van der Waals surface area contributed by atoms with Crippen molar-refractivity contribution >= 4 is 6.09 Å². The summed E-state index contributed by atoms with van der Waals surface area (Å²) in [7, 11) is 1.57. The summed E-state index contributed by atoms with van der Waals surface area (Å²) in [5.74, 6) is 0.880. The topological polar surface area (TPSA) is 62.2 Å². The number of nitrogens with zero attached hydrogens (tertiary/aromatic N) is 2. The second kappa shape index (κ2) is 7.17. The minimum absolute atomic E-state index is 0.238. The van der Waals surface area contributed by atoms with Gasteiger partial charge in [-0.1, -0.05) is 6.07 Å². The van der Waals surface area contributed by atoms with Crippen molar-refractivity contribution in [3.05, 3.63) is 23.8 Å². The van der Waals surface area contributed by atoms with Gasteiger partial charge in [-0.25, -0.2) is 4.79 Å². The molecule has 1 fully saturated rings. The number of phenols is 1. The first kappa shape index (κ1) is 15.4. The molecule has 1 N–H and O–H groups in total. The monoisotopic (exact) mass is 294 g/mol. The van der Waals surface area contributed by atoms with Crippen molar-refractivity contribution in [2.75, 3.05) is 39.9 Å². The maximum Gasteiger partial charge on any atom is 0.409 e. The highest BCUT2D eigenvalue weighted by atomic mass is 16.6. The molecule has 2 rings (SSSR count). The van der Waals surface area contributed by atoms with E-state index in [-0.39, 0.29) is 11.8 Å². The van der Waals surface area contributed by atoms with E-state index in [2.05, 4.69) is 4.90 Å². The Hall–Kier alpha value is -1.95. The highest BCUT2D eigenvalue weighted by Crippen LogP contribution is 2.24. The number of phenolic OH excluding ortho intramolecular Hbond substituents is 1. The van der Waals surface area contributed by atoms with Crippen LogP contribution in [0.15, 0.2) is 18.2 Å². The number of ether oxygens (including phenoxy) is 2. The lowest BCUT2D eigenvalue weighted by Gasteiger charge is -2.34. The predicted molar refractivity (Wildman–Crippen MR) is 78.5 cm³/mol. The average molecular weight is 294 g/mol. The molecule has 0 aliphatic carbocycles. The zero-order valence-corrected chi connectivity index (χ0v) is 12.5. The van der Waals surface area contributed by atoms with Crippen LogP contribution in [0.5, 0.6) is 11.5 Å². The van der Waals surface area contributed by atoms with E-state index in [1.165, 1.54) is 0 Å². The van der Waals surface area contributed by atoms with Crippen LogP contribution in [0, 0.1) is 0 Å². The Morgan fingerprint density at radius 2 is 2.00 bits per heavy atom. The lowest BCUT2D eigenvalue weighted by molar-refractivity contribution is 0.0776. The number of carbonyl (C=O) groups excluding carboxylic acids is 1. The van der Waals surface area contributed by atoms with Crippen LogP contribution >= 0.6 is 0 Å². The van der Waals surface area contributed by atoms with E-state index in [4.69, 9.17) is 9.47 Å². The third-order valence-electron chi connectivity index (χ3n) is 3.58. The molecule has 0 radical (unpaired) electrons. The molecule has 0 bridgehead atoms. The largest absolute Gasteiger partial charge is 0.507 e. The van der Waals surface area contributed by atoms with E-state index in [9.17, 15) is 9.90 Å². The number of methoxy groups -OCH3 is 1. The Morgan fingerprint density at radius 1 is 1.29 bits per heavy atom. The smallest absolute Gasteiger partial charge is 0.409 e. The zero-order valence-electron chi connectivity index (χ0n) is 12.5. The van der Waals surface area contributed by atoms with Gasteiger partial charge in [-0.2, -0.15) is 0 Å². The molecule has 116 valence electrons. The van der Waals surface area contributed by atoms with E-state index in [0.717, 1.165) is 18.7 Å². The fraction of sp³-hybridized carbons (Fsp3) is 0.533. The Bertz CT molecular complexity index is 485. The molecular formula is C15H22N2O4. The highest BCUT2D eigenvalue weighted by Gasteiger charge is 2.22. The summed E-state index contributed by atoms with van der Waals surface area (Å²) in [5, 5.41) is 9.97. The van der Waals surface area contributed by atoms with Gasteiger partial charge in [-0.3, -0.25) is 4.90 Å². The summed E-state index contributed by atoms with van der Waals surface area (Å²) in [6.45, 7) is 5.70. The summed E-state index contributed by atoms with van der Waals surface area (Å²) in [4.78, 5) is 15.5. The molecule has 6 heteroatoms. The standard InChI is InChI=1S/C15H22N2O4/c1-3-21-15(19)17-8-6-16(7-9-17)11-12-4-5-13(20-2)10-14(12)18/h4-5,10,18H,3,6-9,11H2,1-2H3.